The lowest BCUT2D eigenvalue weighted by Gasteiger charge is -2.12. The third-order valence-electron chi connectivity index (χ3n) is 6.91. The van der Waals surface area contributed by atoms with Gasteiger partial charge in [0.2, 0.25) is 0 Å². The molecule has 0 atom stereocenters. The predicted octanol–water partition coefficient (Wildman–Crippen LogP) is 8.17. The number of benzene rings is 4. The van der Waals surface area contributed by atoms with Crippen LogP contribution in [0.4, 0.5) is 26.3 Å². The first-order chi connectivity index (χ1) is 18.0. The van der Waals surface area contributed by atoms with Crippen LogP contribution in [-0.2, 0) is 17.1 Å². The second-order valence-corrected chi connectivity index (χ2v) is 8.98. The highest BCUT2D eigenvalue weighted by molar-refractivity contribution is 6.61. The zero-order chi connectivity index (χ0) is 27.0. The molecule has 0 spiro atoms. The van der Waals surface area contributed by atoms with Crippen molar-refractivity contribution in [2.75, 3.05) is 0 Å². The molecule has 2 aliphatic rings. The molecule has 0 unspecified atom stereocenters. The first-order valence-corrected chi connectivity index (χ1v) is 11.4. The Morgan fingerprint density at radius 3 is 1.50 bits per heavy atom. The molecular weight excluding hydrogens is 504 g/mol. The number of ketones is 1. The Morgan fingerprint density at radius 2 is 1.05 bits per heavy atom. The fraction of sp³-hybridized carbons (Fsp3) is 0.0667. The fourth-order valence-electron chi connectivity index (χ4n) is 5.26. The van der Waals surface area contributed by atoms with Gasteiger partial charge in [0, 0.05) is 27.7 Å². The maximum atomic E-state index is 13.9. The smallest absolute Gasteiger partial charge is 0.289 e. The van der Waals surface area contributed by atoms with Gasteiger partial charge in [-0.25, -0.2) is 0 Å². The zero-order valence-electron chi connectivity index (χ0n) is 19.1. The molecule has 186 valence electrons. The van der Waals surface area contributed by atoms with E-state index in [2.05, 4.69) is 6.07 Å². The molecule has 4 aromatic carbocycles. The van der Waals surface area contributed by atoms with Gasteiger partial charge in [-0.15, -0.1) is 0 Å². The molecule has 0 saturated heterocycles. The van der Waals surface area contributed by atoms with Gasteiger partial charge in [-0.3, -0.25) is 4.79 Å². The van der Waals surface area contributed by atoms with Crippen LogP contribution in [0.1, 0.15) is 38.9 Å². The average Bonchev–Trinajstić information content (AvgIpc) is 3.36. The van der Waals surface area contributed by atoms with Crippen LogP contribution in [0.25, 0.3) is 33.1 Å². The van der Waals surface area contributed by atoms with Crippen LogP contribution in [0.5, 0.6) is 0 Å². The summed E-state index contributed by atoms with van der Waals surface area (Å²) in [6.07, 6.45) is -9.12. The number of carbonyl (C=O) groups excluding carboxylic acids is 1. The maximum Gasteiger partial charge on any atom is 0.416 e. The number of Topliss-reactive ketones (excluding diaryl/α,β-unsaturated/α-hetero) is 1. The van der Waals surface area contributed by atoms with E-state index in [1.165, 1.54) is 24.3 Å². The van der Waals surface area contributed by atoms with Gasteiger partial charge in [0.15, 0.2) is 5.78 Å². The molecule has 8 heteroatoms. The van der Waals surface area contributed by atoms with Crippen molar-refractivity contribution < 1.29 is 31.1 Å². The number of carbonyl (C=O) groups is 1. The van der Waals surface area contributed by atoms with E-state index < -0.39 is 29.3 Å². The molecule has 2 nitrogen and oxygen atoms in total. The van der Waals surface area contributed by atoms with E-state index in [0.717, 1.165) is 24.3 Å². The second kappa shape index (κ2) is 7.93. The molecule has 0 aromatic heterocycles. The zero-order valence-corrected chi connectivity index (χ0v) is 19.1. The number of allylic oxidation sites excluding steroid dienone is 4. The third kappa shape index (κ3) is 3.39. The summed E-state index contributed by atoms with van der Waals surface area (Å²) >= 11 is 0. The van der Waals surface area contributed by atoms with E-state index in [-0.39, 0.29) is 22.3 Å². The van der Waals surface area contributed by atoms with Crippen molar-refractivity contribution in [1.29, 1.82) is 5.26 Å². The minimum Gasteiger partial charge on any atom is -0.289 e. The van der Waals surface area contributed by atoms with Crippen molar-refractivity contribution in [2.45, 2.75) is 12.4 Å². The molecule has 2 aliphatic carbocycles. The van der Waals surface area contributed by atoms with Crippen LogP contribution >= 0.6 is 0 Å². The Balaban J connectivity index is 1.64. The number of rotatable bonds is 2. The van der Waals surface area contributed by atoms with Gasteiger partial charge in [0.1, 0.15) is 0 Å². The van der Waals surface area contributed by atoms with E-state index in [1.54, 1.807) is 30.3 Å². The number of nitriles is 1. The standard InChI is InChI=1S/C30H13F6NO/c31-29(32,33)18-9-4-15(5-10-18)23-26-21-3-1-2-20-17(14-37)8-13-22(25(20)21)27(26)24(28(23)38)16-6-11-19(12-7-16)30(34,35)36/h1-13H. The summed E-state index contributed by atoms with van der Waals surface area (Å²) in [5, 5.41) is 11.0. The van der Waals surface area contributed by atoms with Crippen molar-refractivity contribution in [2.24, 2.45) is 0 Å². The summed E-state index contributed by atoms with van der Waals surface area (Å²) in [6, 6.07) is 19.2. The summed E-state index contributed by atoms with van der Waals surface area (Å²) in [5.74, 6) is -0.499. The highest BCUT2D eigenvalue weighted by atomic mass is 19.4. The van der Waals surface area contributed by atoms with Gasteiger partial charge >= 0.3 is 12.4 Å². The normalized spacial score (nSPS) is 14.9. The number of nitrogens with zero attached hydrogens (tertiary/aromatic N) is 1. The van der Waals surface area contributed by atoms with E-state index in [9.17, 15) is 36.4 Å². The van der Waals surface area contributed by atoms with Gasteiger partial charge in [-0.2, -0.15) is 31.6 Å². The third-order valence-corrected chi connectivity index (χ3v) is 6.91. The number of hydrogen-bond acceptors (Lipinski definition) is 2. The molecule has 0 heterocycles. The van der Waals surface area contributed by atoms with Crippen molar-refractivity contribution in [1.82, 2.24) is 0 Å². The summed E-state index contributed by atoms with van der Waals surface area (Å²) < 4.78 is 79.2. The predicted molar refractivity (Wildman–Crippen MR) is 130 cm³/mol. The number of hydrogen-bond donors (Lipinski definition) is 0. The van der Waals surface area contributed by atoms with Crippen LogP contribution in [0.3, 0.4) is 0 Å². The largest absolute Gasteiger partial charge is 0.416 e. The Morgan fingerprint density at radius 1 is 0.579 bits per heavy atom. The molecule has 6 rings (SSSR count). The Bertz CT molecular complexity index is 1690. The molecule has 0 amide bonds. The molecule has 0 bridgehead atoms. The average molecular weight is 517 g/mol. The Labute approximate surface area is 211 Å². The minimum absolute atomic E-state index is 0.158. The Kier molecular flexibility index (Phi) is 4.95. The lowest BCUT2D eigenvalue weighted by Crippen LogP contribution is -2.07. The quantitative estimate of drug-likeness (QED) is 0.252. The van der Waals surface area contributed by atoms with Gasteiger partial charge in [0.25, 0.3) is 0 Å². The molecule has 0 fully saturated rings. The summed E-state index contributed by atoms with van der Waals surface area (Å²) in [5.41, 5.74) is 1.73. The molecular formula is C30H13F6NO. The van der Waals surface area contributed by atoms with Crippen LogP contribution in [-0.4, -0.2) is 5.78 Å². The van der Waals surface area contributed by atoms with E-state index >= 15 is 0 Å². The van der Waals surface area contributed by atoms with Crippen molar-refractivity contribution >= 4 is 38.8 Å². The maximum absolute atomic E-state index is 13.9. The molecule has 0 radical (unpaired) electrons. The summed E-state index contributed by atoms with van der Waals surface area (Å²) in [6.45, 7) is 0. The molecule has 38 heavy (non-hydrogen) atoms. The summed E-state index contributed by atoms with van der Waals surface area (Å²) in [4.78, 5) is 13.9. The molecule has 0 saturated carbocycles. The number of alkyl halides is 6. The highest BCUT2D eigenvalue weighted by Crippen LogP contribution is 2.57. The topological polar surface area (TPSA) is 40.9 Å². The lowest BCUT2D eigenvalue weighted by atomic mass is 9.91. The van der Waals surface area contributed by atoms with E-state index in [0.29, 0.717) is 38.6 Å². The molecule has 4 aromatic rings. The van der Waals surface area contributed by atoms with E-state index in [1.807, 2.05) is 0 Å². The van der Waals surface area contributed by atoms with Crippen molar-refractivity contribution in [3.05, 3.63) is 118 Å². The number of halogens is 6. The van der Waals surface area contributed by atoms with Crippen LogP contribution in [0, 0.1) is 11.3 Å². The highest BCUT2D eigenvalue weighted by Gasteiger charge is 2.41. The van der Waals surface area contributed by atoms with Crippen LogP contribution in [0.2, 0.25) is 0 Å². The van der Waals surface area contributed by atoms with Gasteiger partial charge < -0.3 is 0 Å². The SMILES string of the molecule is N#Cc1ccc2c3c(cccc13)C1=C(c3ccc(C(F)(F)F)cc3)C(=O)C(c3ccc(C(F)(F)F)cc3)=C12. The minimum atomic E-state index is -4.56. The van der Waals surface area contributed by atoms with Gasteiger partial charge in [-0.05, 0) is 58.0 Å². The monoisotopic (exact) mass is 517 g/mol. The van der Waals surface area contributed by atoms with Crippen LogP contribution in [0.15, 0.2) is 78.9 Å². The summed E-state index contributed by atoms with van der Waals surface area (Å²) in [7, 11) is 0. The van der Waals surface area contributed by atoms with E-state index in [4.69, 9.17) is 0 Å². The lowest BCUT2D eigenvalue weighted by molar-refractivity contribution is -0.138. The second-order valence-electron chi connectivity index (χ2n) is 8.98. The molecule has 0 aliphatic heterocycles. The number of fused-ring (bicyclic) bond motifs is 3. The van der Waals surface area contributed by atoms with Crippen molar-refractivity contribution in [3.63, 3.8) is 0 Å². The molecule has 0 N–H and O–H groups in total. The van der Waals surface area contributed by atoms with Gasteiger partial charge in [-0.1, -0.05) is 48.5 Å². The van der Waals surface area contributed by atoms with Crippen molar-refractivity contribution in [3.8, 4) is 6.07 Å². The van der Waals surface area contributed by atoms with Crippen LogP contribution < -0.4 is 0 Å². The fourth-order valence-corrected chi connectivity index (χ4v) is 5.26. The van der Waals surface area contributed by atoms with Gasteiger partial charge in [0.05, 0.1) is 22.8 Å². The Hall–Kier alpha value is -4.64. The first-order valence-electron chi connectivity index (χ1n) is 11.4. The first kappa shape index (κ1) is 23.7.